The Morgan fingerprint density at radius 3 is 2.57 bits per heavy atom. The molecule has 2 amide bonds. The molecule has 8 heteroatoms. The first kappa shape index (κ1) is 21.9. The van der Waals surface area contributed by atoms with Gasteiger partial charge in [0, 0.05) is 19.6 Å². The maximum Gasteiger partial charge on any atom is 0.410 e. The van der Waals surface area contributed by atoms with Gasteiger partial charge in [-0.2, -0.15) is 0 Å². The Kier molecular flexibility index (Phi) is 6.84. The smallest absolute Gasteiger partial charge is 0.410 e. The molecular weight excluding hydrogens is 388 g/mol. The minimum absolute atomic E-state index is 0.0255. The number of ether oxygens (including phenoxy) is 3. The van der Waals surface area contributed by atoms with E-state index in [-0.39, 0.29) is 43.5 Å². The molecule has 3 rings (SSSR count). The predicted molar refractivity (Wildman–Crippen MR) is 110 cm³/mol. The van der Waals surface area contributed by atoms with Crippen LogP contribution in [0.2, 0.25) is 0 Å². The fraction of sp³-hybridized carbons (Fsp3) is 0.591. The maximum atomic E-state index is 12.2. The zero-order chi connectivity index (χ0) is 21.7. The van der Waals surface area contributed by atoms with E-state index in [2.05, 4.69) is 0 Å². The van der Waals surface area contributed by atoms with E-state index in [1.165, 1.54) is 0 Å². The van der Waals surface area contributed by atoms with Gasteiger partial charge in [0.15, 0.2) is 6.61 Å². The van der Waals surface area contributed by atoms with Crippen LogP contribution in [0.1, 0.15) is 40.0 Å². The molecule has 0 saturated carbocycles. The van der Waals surface area contributed by atoms with Crippen LogP contribution in [-0.4, -0.2) is 61.3 Å². The first-order valence-electron chi connectivity index (χ1n) is 10.4. The summed E-state index contributed by atoms with van der Waals surface area (Å²) in [6.07, 6.45) is 1.36. The molecule has 2 aliphatic heterocycles. The van der Waals surface area contributed by atoms with Crippen molar-refractivity contribution in [2.45, 2.75) is 45.6 Å². The average Bonchev–Trinajstić information content (AvgIpc) is 2.70. The Labute approximate surface area is 177 Å². The van der Waals surface area contributed by atoms with Gasteiger partial charge in [-0.1, -0.05) is 12.1 Å². The molecule has 0 bridgehead atoms. The normalized spacial score (nSPS) is 17.2. The Morgan fingerprint density at radius 2 is 1.87 bits per heavy atom. The highest BCUT2D eigenvalue weighted by Gasteiger charge is 2.28. The molecule has 0 radical (unpaired) electrons. The van der Waals surface area contributed by atoms with Gasteiger partial charge in [-0.05, 0) is 51.7 Å². The third kappa shape index (κ3) is 5.87. The van der Waals surface area contributed by atoms with E-state index in [1.54, 1.807) is 21.9 Å². The van der Waals surface area contributed by atoms with Crippen molar-refractivity contribution in [3.8, 4) is 5.75 Å². The zero-order valence-corrected chi connectivity index (χ0v) is 17.9. The van der Waals surface area contributed by atoms with E-state index in [0.717, 1.165) is 12.8 Å². The number of amides is 2. The highest BCUT2D eigenvalue weighted by molar-refractivity contribution is 5.98. The van der Waals surface area contributed by atoms with Crippen molar-refractivity contribution in [3.05, 3.63) is 24.3 Å². The van der Waals surface area contributed by atoms with Crippen LogP contribution in [0.15, 0.2) is 24.3 Å². The molecule has 8 nitrogen and oxygen atoms in total. The second-order valence-corrected chi connectivity index (χ2v) is 8.65. The topological polar surface area (TPSA) is 85.4 Å². The molecule has 0 atom stereocenters. The molecule has 0 N–H and O–H groups in total. The first-order valence-corrected chi connectivity index (χ1v) is 10.4. The second kappa shape index (κ2) is 9.36. The molecule has 0 unspecified atom stereocenters. The fourth-order valence-electron chi connectivity index (χ4n) is 3.49. The lowest BCUT2D eigenvalue weighted by Crippen LogP contribution is -2.42. The van der Waals surface area contributed by atoms with Gasteiger partial charge in [-0.3, -0.25) is 9.59 Å². The number of esters is 1. The first-order chi connectivity index (χ1) is 14.2. The van der Waals surface area contributed by atoms with Crippen LogP contribution in [0.5, 0.6) is 5.75 Å². The van der Waals surface area contributed by atoms with Gasteiger partial charge in [0.2, 0.25) is 0 Å². The second-order valence-electron chi connectivity index (χ2n) is 8.65. The highest BCUT2D eigenvalue weighted by atomic mass is 16.6. The van der Waals surface area contributed by atoms with Crippen LogP contribution < -0.4 is 9.64 Å². The van der Waals surface area contributed by atoms with Gasteiger partial charge in [-0.25, -0.2) is 4.79 Å². The summed E-state index contributed by atoms with van der Waals surface area (Å²) in [5.74, 6) is 0.359. The van der Waals surface area contributed by atoms with Crippen molar-refractivity contribution in [2.75, 3.05) is 37.7 Å². The summed E-state index contributed by atoms with van der Waals surface area (Å²) in [5, 5.41) is 0. The fourth-order valence-corrected chi connectivity index (χ4v) is 3.49. The summed E-state index contributed by atoms with van der Waals surface area (Å²) >= 11 is 0. The van der Waals surface area contributed by atoms with Crippen LogP contribution in [0.25, 0.3) is 0 Å². The summed E-state index contributed by atoms with van der Waals surface area (Å²) in [6.45, 7) is 7.29. The van der Waals surface area contributed by atoms with Crippen molar-refractivity contribution in [3.63, 3.8) is 0 Å². The van der Waals surface area contributed by atoms with Crippen molar-refractivity contribution in [1.29, 1.82) is 0 Å². The molecule has 164 valence electrons. The molecule has 1 fully saturated rings. The minimum Gasteiger partial charge on any atom is -0.482 e. The number of rotatable bonds is 5. The third-order valence-corrected chi connectivity index (χ3v) is 5.09. The van der Waals surface area contributed by atoms with E-state index >= 15 is 0 Å². The number of carbonyl (C=O) groups is 3. The third-order valence-electron chi connectivity index (χ3n) is 5.09. The summed E-state index contributed by atoms with van der Waals surface area (Å²) in [6, 6.07) is 7.28. The van der Waals surface area contributed by atoms with E-state index in [4.69, 9.17) is 14.2 Å². The summed E-state index contributed by atoms with van der Waals surface area (Å²) in [7, 11) is 0. The van der Waals surface area contributed by atoms with Crippen molar-refractivity contribution in [2.24, 2.45) is 5.92 Å². The molecule has 0 spiro atoms. The summed E-state index contributed by atoms with van der Waals surface area (Å²) < 4.78 is 16.2. The SMILES string of the molecule is CC(C)(C)OC(=O)N1CCC(COC(=O)CCN2C(=O)COc3ccccc32)CC1. The number of likely N-dealkylation sites (tertiary alicyclic amines) is 1. The molecule has 1 aromatic rings. The minimum atomic E-state index is -0.508. The number of hydrogen-bond acceptors (Lipinski definition) is 6. The van der Waals surface area contributed by atoms with E-state index in [9.17, 15) is 14.4 Å². The van der Waals surface area contributed by atoms with Crippen LogP contribution >= 0.6 is 0 Å². The van der Waals surface area contributed by atoms with Crippen LogP contribution in [0.4, 0.5) is 10.5 Å². The average molecular weight is 418 g/mol. The zero-order valence-electron chi connectivity index (χ0n) is 17.9. The van der Waals surface area contributed by atoms with E-state index in [1.807, 2.05) is 32.9 Å². The van der Waals surface area contributed by atoms with E-state index in [0.29, 0.717) is 31.1 Å². The molecule has 2 aliphatic rings. The van der Waals surface area contributed by atoms with Crippen molar-refractivity contribution >= 4 is 23.7 Å². The standard InChI is InChI=1S/C22H30N2O6/c1-22(2,3)30-21(27)23-11-8-16(9-12-23)14-29-20(26)10-13-24-17-6-4-5-7-18(17)28-15-19(24)25/h4-7,16H,8-15H2,1-3H3. The molecule has 30 heavy (non-hydrogen) atoms. The Balaban J connectivity index is 1.39. The van der Waals surface area contributed by atoms with Crippen molar-refractivity contribution in [1.82, 2.24) is 4.90 Å². The summed E-state index contributed by atoms with van der Waals surface area (Å²) in [4.78, 5) is 39.7. The Bertz CT molecular complexity index is 780. The number of fused-ring (bicyclic) bond motifs is 1. The predicted octanol–water partition coefficient (Wildman–Crippen LogP) is 2.99. The van der Waals surface area contributed by atoms with Gasteiger partial charge in [0.25, 0.3) is 5.91 Å². The molecular formula is C22H30N2O6. The number of carbonyl (C=O) groups excluding carboxylic acids is 3. The number of benzene rings is 1. The lowest BCUT2D eigenvalue weighted by Gasteiger charge is -2.33. The van der Waals surface area contributed by atoms with Crippen LogP contribution in [0.3, 0.4) is 0 Å². The Morgan fingerprint density at radius 1 is 1.17 bits per heavy atom. The van der Waals surface area contributed by atoms with Gasteiger partial charge < -0.3 is 24.0 Å². The number of hydrogen-bond donors (Lipinski definition) is 0. The number of nitrogens with zero attached hydrogens (tertiary/aromatic N) is 2. The molecule has 0 aromatic heterocycles. The Hall–Kier alpha value is -2.77. The monoisotopic (exact) mass is 418 g/mol. The van der Waals surface area contributed by atoms with Crippen LogP contribution in [0, 0.1) is 5.92 Å². The van der Waals surface area contributed by atoms with Gasteiger partial charge >= 0.3 is 12.1 Å². The summed E-state index contributed by atoms with van der Waals surface area (Å²) in [5.41, 5.74) is 0.169. The number of piperidine rings is 1. The molecule has 1 saturated heterocycles. The lowest BCUT2D eigenvalue weighted by molar-refractivity contribution is -0.145. The van der Waals surface area contributed by atoms with Gasteiger partial charge in [-0.15, -0.1) is 0 Å². The van der Waals surface area contributed by atoms with Gasteiger partial charge in [0.05, 0.1) is 18.7 Å². The van der Waals surface area contributed by atoms with Gasteiger partial charge in [0.1, 0.15) is 11.4 Å². The maximum absolute atomic E-state index is 12.2. The molecule has 2 heterocycles. The molecule has 1 aromatic carbocycles. The quantitative estimate of drug-likeness (QED) is 0.684. The highest BCUT2D eigenvalue weighted by Crippen LogP contribution is 2.31. The number of anilines is 1. The number of para-hydroxylation sites is 2. The molecule has 0 aliphatic carbocycles. The van der Waals surface area contributed by atoms with Crippen molar-refractivity contribution < 1.29 is 28.6 Å². The van der Waals surface area contributed by atoms with E-state index < -0.39 is 5.60 Å². The van der Waals surface area contributed by atoms with Crippen LogP contribution in [-0.2, 0) is 19.1 Å². The lowest BCUT2D eigenvalue weighted by atomic mass is 9.98. The largest absolute Gasteiger partial charge is 0.482 e.